The molecule has 0 saturated carbocycles. The third-order valence-corrected chi connectivity index (χ3v) is 5.46. The van der Waals surface area contributed by atoms with Gasteiger partial charge in [0.15, 0.2) is 0 Å². The Morgan fingerprint density at radius 1 is 0.857 bits per heavy atom. The third kappa shape index (κ3) is 7.09. The number of nitrogens with zero attached hydrogens (tertiary/aromatic N) is 1. The molecule has 0 atom stereocenters. The minimum atomic E-state index is -3.20. The lowest BCUT2D eigenvalue weighted by atomic mass is 10.2. The summed E-state index contributed by atoms with van der Waals surface area (Å²) in [5, 5.41) is 0. The third-order valence-electron chi connectivity index (χ3n) is 3.61. The molecule has 0 N–H and O–H groups in total. The van der Waals surface area contributed by atoms with Crippen LogP contribution in [0, 0.1) is 0 Å². The highest BCUT2D eigenvalue weighted by Crippen LogP contribution is 2.13. The largest absolute Gasteiger partial charge is 0.218 e. The van der Waals surface area contributed by atoms with Crippen molar-refractivity contribution in [3.8, 4) is 0 Å². The van der Waals surface area contributed by atoms with Crippen LogP contribution in [0.25, 0.3) is 0 Å². The molecule has 1 rings (SSSR count). The summed E-state index contributed by atoms with van der Waals surface area (Å²) in [6.07, 6.45) is 6.31. The van der Waals surface area contributed by atoms with Crippen LogP contribution >= 0.6 is 0 Å². The Balaban J connectivity index is 2.68. The Kier molecular flexibility index (Phi) is 8.62. The van der Waals surface area contributed by atoms with E-state index < -0.39 is 10.0 Å². The van der Waals surface area contributed by atoms with E-state index in [0.29, 0.717) is 13.1 Å². The van der Waals surface area contributed by atoms with Crippen LogP contribution in [0.4, 0.5) is 0 Å². The molecule has 120 valence electrons. The first-order valence-electron chi connectivity index (χ1n) is 8.12. The van der Waals surface area contributed by atoms with Crippen LogP contribution in [-0.4, -0.2) is 25.8 Å². The van der Waals surface area contributed by atoms with Gasteiger partial charge in [-0.2, -0.15) is 0 Å². The highest BCUT2D eigenvalue weighted by atomic mass is 32.2. The van der Waals surface area contributed by atoms with Crippen molar-refractivity contribution in [2.75, 3.05) is 13.1 Å². The fraction of sp³-hybridized carbons (Fsp3) is 0.647. The van der Waals surface area contributed by atoms with Gasteiger partial charge in [0.2, 0.25) is 10.0 Å². The van der Waals surface area contributed by atoms with Crippen molar-refractivity contribution in [2.24, 2.45) is 0 Å². The van der Waals surface area contributed by atoms with E-state index in [1.807, 2.05) is 30.3 Å². The van der Waals surface area contributed by atoms with Gasteiger partial charge in [-0.25, -0.2) is 12.7 Å². The highest BCUT2D eigenvalue weighted by molar-refractivity contribution is 7.88. The van der Waals surface area contributed by atoms with E-state index in [4.69, 9.17) is 0 Å². The van der Waals surface area contributed by atoms with Crippen LogP contribution in [0.3, 0.4) is 0 Å². The monoisotopic (exact) mass is 311 g/mol. The van der Waals surface area contributed by atoms with Gasteiger partial charge in [0.25, 0.3) is 0 Å². The molecule has 0 fully saturated rings. The zero-order chi connectivity index (χ0) is 15.6. The predicted octanol–water partition coefficient (Wildman–Crippen LogP) is 4.20. The molecule has 0 aliphatic heterocycles. The van der Waals surface area contributed by atoms with Crippen LogP contribution in [0.2, 0.25) is 0 Å². The summed E-state index contributed by atoms with van der Waals surface area (Å²) < 4.78 is 26.9. The molecule has 0 radical (unpaired) electrons. The van der Waals surface area contributed by atoms with E-state index in [2.05, 4.69) is 13.8 Å². The quantitative estimate of drug-likeness (QED) is 0.574. The predicted molar refractivity (Wildman–Crippen MR) is 89.7 cm³/mol. The fourth-order valence-corrected chi connectivity index (χ4v) is 3.95. The zero-order valence-corrected chi connectivity index (χ0v) is 14.2. The summed E-state index contributed by atoms with van der Waals surface area (Å²) in [6.45, 7) is 5.60. The fourth-order valence-electron chi connectivity index (χ4n) is 2.34. The maximum atomic E-state index is 12.6. The molecule has 0 unspecified atom stereocenters. The first kappa shape index (κ1) is 18.2. The molecular weight excluding hydrogens is 282 g/mol. The molecule has 0 amide bonds. The SMILES string of the molecule is CCCCCN(CCCCC)S(=O)(=O)Cc1ccccc1. The van der Waals surface area contributed by atoms with Gasteiger partial charge >= 0.3 is 0 Å². The van der Waals surface area contributed by atoms with Gasteiger partial charge in [-0.05, 0) is 18.4 Å². The minimum Gasteiger partial charge on any atom is -0.212 e. The second-order valence-electron chi connectivity index (χ2n) is 5.56. The zero-order valence-electron chi connectivity index (χ0n) is 13.4. The molecule has 0 heterocycles. The molecule has 1 aromatic carbocycles. The molecule has 21 heavy (non-hydrogen) atoms. The normalized spacial score (nSPS) is 12.0. The van der Waals surface area contributed by atoms with Gasteiger partial charge in [0, 0.05) is 13.1 Å². The number of hydrogen-bond donors (Lipinski definition) is 0. The lowest BCUT2D eigenvalue weighted by Gasteiger charge is -2.22. The Hall–Kier alpha value is -0.870. The van der Waals surface area contributed by atoms with Crippen molar-refractivity contribution in [1.29, 1.82) is 0 Å². The molecule has 0 saturated heterocycles. The van der Waals surface area contributed by atoms with Gasteiger partial charge in [-0.3, -0.25) is 0 Å². The molecule has 0 aromatic heterocycles. The van der Waals surface area contributed by atoms with Crippen molar-refractivity contribution in [2.45, 2.75) is 58.1 Å². The topological polar surface area (TPSA) is 37.4 Å². The lowest BCUT2D eigenvalue weighted by molar-refractivity contribution is 0.388. The first-order chi connectivity index (χ1) is 10.1. The van der Waals surface area contributed by atoms with E-state index in [-0.39, 0.29) is 5.75 Å². The average molecular weight is 311 g/mol. The number of sulfonamides is 1. The number of unbranched alkanes of at least 4 members (excludes halogenated alkanes) is 4. The molecule has 0 spiro atoms. The maximum absolute atomic E-state index is 12.6. The maximum Gasteiger partial charge on any atom is 0.218 e. The van der Waals surface area contributed by atoms with Gasteiger partial charge in [0.05, 0.1) is 5.75 Å². The van der Waals surface area contributed by atoms with Crippen molar-refractivity contribution in [3.05, 3.63) is 35.9 Å². The van der Waals surface area contributed by atoms with Gasteiger partial charge < -0.3 is 0 Å². The van der Waals surface area contributed by atoms with Crippen LogP contribution in [0.5, 0.6) is 0 Å². The average Bonchev–Trinajstić information content (AvgIpc) is 2.46. The number of rotatable bonds is 11. The number of hydrogen-bond acceptors (Lipinski definition) is 2. The van der Waals surface area contributed by atoms with E-state index in [0.717, 1.165) is 44.1 Å². The molecule has 4 heteroatoms. The van der Waals surface area contributed by atoms with Crippen molar-refractivity contribution in [1.82, 2.24) is 4.31 Å². The Labute approximate surface area is 130 Å². The van der Waals surface area contributed by atoms with Gasteiger partial charge in [-0.15, -0.1) is 0 Å². The first-order valence-corrected chi connectivity index (χ1v) is 9.72. The summed E-state index contributed by atoms with van der Waals surface area (Å²) in [4.78, 5) is 0. The van der Waals surface area contributed by atoms with Crippen molar-refractivity contribution in [3.63, 3.8) is 0 Å². The van der Waals surface area contributed by atoms with E-state index in [9.17, 15) is 8.42 Å². The van der Waals surface area contributed by atoms with Crippen LogP contribution in [-0.2, 0) is 15.8 Å². The van der Waals surface area contributed by atoms with Gasteiger partial charge in [-0.1, -0.05) is 69.9 Å². The summed E-state index contributed by atoms with van der Waals surface area (Å²) >= 11 is 0. The second kappa shape index (κ2) is 9.96. The summed E-state index contributed by atoms with van der Waals surface area (Å²) in [5.41, 5.74) is 0.869. The van der Waals surface area contributed by atoms with E-state index in [1.54, 1.807) is 4.31 Å². The summed E-state index contributed by atoms with van der Waals surface area (Å²) in [5.74, 6) is 0.117. The molecule has 1 aromatic rings. The smallest absolute Gasteiger partial charge is 0.212 e. The summed E-state index contributed by atoms with van der Waals surface area (Å²) in [7, 11) is -3.20. The Bertz CT molecular complexity index is 461. The van der Waals surface area contributed by atoms with Crippen LogP contribution in [0.1, 0.15) is 57.9 Å². The second-order valence-corrected chi connectivity index (χ2v) is 7.52. The Morgan fingerprint density at radius 2 is 1.38 bits per heavy atom. The van der Waals surface area contributed by atoms with E-state index >= 15 is 0 Å². The van der Waals surface area contributed by atoms with Crippen molar-refractivity contribution < 1.29 is 8.42 Å². The molecule has 0 aliphatic carbocycles. The highest BCUT2D eigenvalue weighted by Gasteiger charge is 2.21. The molecule has 0 bridgehead atoms. The number of benzene rings is 1. The lowest BCUT2D eigenvalue weighted by Crippen LogP contribution is -2.34. The molecule has 0 aliphatic rings. The molecular formula is C17H29NO2S. The van der Waals surface area contributed by atoms with Crippen molar-refractivity contribution >= 4 is 10.0 Å². The summed E-state index contributed by atoms with van der Waals surface area (Å²) in [6, 6.07) is 9.46. The molecule has 3 nitrogen and oxygen atoms in total. The standard InChI is InChI=1S/C17H29NO2S/c1-3-5-10-14-18(15-11-6-4-2)21(19,20)16-17-12-8-7-9-13-17/h7-9,12-13H,3-6,10-11,14-16H2,1-2H3. The van der Waals surface area contributed by atoms with Crippen LogP contribution in [0.15, 0.2) is 30.3 Å². The minimum absolute atomic E-state index is 0.117. The van der Waals surface area contributed by atoms with E-state index in [1.165, 1.54) is 0 Å². The Morgan fingerprint density at radius 3 is 1.86 bits per heavy atom. The van der Waals surface area contributed by atoms with Gasteiger partial charge in [0.1, 0.15) is 0 Å². The van der Waals surface area contributed by atoms with Crippen LogP contribution < -0.4 is 0 Å².